The summed E-state index contributed by atoms with van der Waals surface area (Å²) in [7, 11) is 0. The lowest BCUT2D eigenvalue weighted by molar-refractivity contribution is 0.797. The Labute approximate surface area is 79.0 Å². The molecule has 0 rings (SSSR count). The molecule has 0 aliphatic carbocycles. The van der Waals surface area contributed by atoms with Crippen LogP contribution in [0.1, 0.15) is 27.2 Å². The molecule has 0 aliphatic heterocycles. The van der Waals surface area contributed by atoms with Crippen LogP contribution in [-0.4, -0.2) is 23.0 Å². The van der Waals surface area contributed by atoms with Crippen molar-refractivity contribution in [2.45, 2.75) is 31.9 Å². The summed E-state index contributed by atoms with van der Waals surface area (Å²) in [6, 6.07) is 0. The number of rotatable bonds is 4. The molecule has 0 aromatic heterocycles. The van der Waals surface area contributed by atoms with Gasteiger partial charge in [0, 0.05) is 11.3 Å². The normalized spacial score (nSPS) is 11.2. The van der Waals surface area contributed by atoms with Crippen LogP contribution in [-0.2, 0) is 0 Å². The molecular formula is C8H19N3S. The highest BCUT2D eigenvalue weighted by Crippen LogP contribution is 2.23. The fourth-order valence-corrected chi connectivity index (χ4v) is 1.54. The first-order chi connectivity index (χ1) is 5.42. The van der Waals surface area contributed by atoms with Crippen LogP contribution in [0.15, 0.2) is 4.99 Å². The number of nitrogens with two attached hydrogens (primary N) is 2. The molecule has 0 spiro atoms. The fraction of sp³-hybridized carbons (Fsp3) is 0.875. The van der Waals surface area contributed by atoms with E-state index in [-0.39, 0.29) is 5.96 Å². The van der Waals surface area contributed by atoms with Crippen molar-refractivity contribution in [3.8, 4) is 0 Å². The highest BCUT2D eigenvalue weighted by atomic mass is 32.2. The zero-order chi connectivity index (χ0) is 9.61. The fourth-order valence-electron chi connectivity index (χ4n) is 0.651. The van der Waals surface area contributed by atoms with Crippen molar-refractivity contribution in [1.82, 2.24) is 0 Å². The molecule has 0 radical (unpaired) electrons. The average Bonchev–Trinajstić information content (AvgIpc) is 1.83. The van der Waals surface area contributed by atoms with Crippen molar-refractivity contribution in [3.63, 3.8) is 0 Å². The van der Waals surface area contributed by atoms with Gasteiger partial charge in [0.25, 0.3) is 0 Å². The summed E-state index contributed by atoms with van der Waals surface area (Å²) in [4.78, 5) is 3.90. The highest BCUT2D eigenvalue weighted by Gasteiger charge is 2.08. The number of hydrogen-bond acceptors (Lipinski definition) is 2. The standard InChI is InChI=1S/C8H19N3S/c1-8(2,3)12-6-4-5-11-7(9)10/h4-6H2,1-3H3,(H4,9,10,11). The SMILES string of the molecule is CC(C)(C)SCCCN=C(N)N. The first-order valence-corrected chi connectivity index (χ1v) is 5.10. The minimum absolute atomic E-state index is 0.191. The average molecular weight is 189 g/mol. The number of thioether (sulfide) groups is 1. The molecule has 12 heavy (non-hydrogen) atoms. The predicted octanol–water partition coefficient (Wildman–Crippen LogP) is 1.18. The third-order valence-electron chi connectivity index (χ3n) is 1.13. The summed E-state index contributed by atoms with van der Waals surface area (Å²) in [5, 5.41) is 0. The molecule has 0 atom stereocenters. The van der Waals surface area contributed by atoms with E-state index in [0.29, 0.717) is 4.75 Å². The molecule has 0 heterocycles. The topological polar surface area (TPSA) is 64.4 Å². The van der Waals surface area contributed by atoms with Gasteiger partial charge >= 0.3 is 0 Å². The monoisotopic (exact) mass is 189 g/mol. The van der Waals surface area contributed by atoms with Gasteiger partial charge in [-0.25, -0.2) is 0 Å². The Morgan fingerprint density at radius 1 is 1.33 bits per heavy atom. The maximum Gasteiger partial charge on any atom is 0.185 e. The summed E-state index contributed by atoms with van der Waals surface area (Å²) < 4.78 is 0.345. The molecule has 0 saturated carbocycles. The predicted molar refractivity (Wildman–Crippen MR) is 57.5 cm³/mol. The summed E-state index contributed by atoms with van der Waals surface area (Å²) >= 11 is 1.93. The molecule has 72 valence electrons. The molecule has 0 aromatic rings. The Morgan fingerprint density at radius 3 is 2.33 bits per heavy atom. The maximum absolute atomic E-state index is 5.18. The second-order valence-corrected chi connectivity index (χ2v) is 5.54. The molecule has 0 saturated heterocycles. The Hall–Kier alpha value is -0.380. The van der Waals surface area contributed by atoms with E-state index in [4.69, 9.17) is 11.5 Å². The first kappa shape index (κ1) is 11.6. The van der Waals surface area contributed by atoms with Crippen molar-refractivity contribution in [1.29, 1.82) is 0 Å². The third kappa shape index (κ3) is 9.62. The lowest BCUT2D eigenvalue weighted by Gasteiger charge is -2.16. The zero-order valence-corrected chi connectivity index (χ0v) is 8.95. The summed E-state index contributed by atoms with van der Waals surface area (Å²) in [5.74, 6) is 1.30. The Kier molecular flexibility index (Phi) is 5.13. The lowest BCUT2D eigenvalue weighted by atomic mass is 10.3. The van der Waals surface area contributed by atoms with Crippen LogP contribution in [0.3, 0.4) is 0 Å². The van der Waals surface area contributed by atoms with E-state index >= 15 is 0 Å². The number of nitrogens with zero attached hydrogens (tertiary/aromatic N) is 1. The molecule has 0 bridgehead atoms. The van der Waals surface area contributed by atoms with Crippen molar-refractivity contribution in [2.75, 3.05) is 12.3 Å². The van der Waals surface area contributed by atoms with Gasteiger partial charge in [-0.1, -0.05) is 20.8 Å². The maximum atomic E-state index is 5.18. The van der Waals surface area contributed by atoms with E-state index in [1.54, 1.807) is 0 Å². The molecule has 4 N–H and O–H groups in total. The van der Waals surface area contributed by atoms with Crippen molar-refractivity contribution in [2.24, 2.45) is 16.5 Å². The van der Waals surface area contributed by atoms with Crippen LogP contribution in [0.2, 0.25) is 0 Å². The van der Waals surface area contributed by atoms with E-state index < -0.39 is 0 Å². The Morgan fingerprint density at radius 2 is 1.92 bits per heavy atom. The molecule has 0 amide bonds. The second kappa shape index (κ2) is 5.30. The summed E-state index contributed by atoms with van der Waals surface area (Å²) in [6.45, 7) is 7.36. The molecule has 0 aliphatic rings. The quantitative estimate of drug-likeness (QED) is 0.396. The van der Waals surface area contributed by atoms with Crippen LogP contribution < -0.4 is 11.5 Å². The van der Waals surface area contributed by atoms with Crippen LogP contribution >= 0.6 is 11.8 Å². The number of guanidine groups is 1. The largest absolute Gasteiger partial charge is 0.370 e. The van der Waals surface area contributed by atoms with Gasteiger partial charge in [0.1, 0.15) is 0 Å². The zero-order valence-electron chi connectivity index (χ0n) is 8.13. The van der Waals surface area contributed by atoms with E-state index in [1.165, 1.54) is 0 Å². The van der Waals surface area contributed by atoms with Gasteiger partial charge in [-0.3, -0.25) is 4.99 Å². The molecule has 3 nitrogen and oxygen atoms in total. The van der Waals surface area contributed by atoms with Gasteiger partial charge in [-0.05, 0) is 12.2 Å². The van der Waals surface area contributed by atoms with Crippen molar-refractivity contribution >= 4 is 17.7 Å². The molecule has 0 aromatic carbocycles. The molecular weight excluding hydrogens is 170 g/mol. The van der Waals surface area contributed by atoms with Gasteiger partial charge in [-0.15, -0.1) is 0 Å². The molecule has 4 heteroatoms. The van der Waals surface area contributed by atoms with E-state index in [1.807, 2.05) is 11.8 Å². The summed E-state index contributed by atoms with van der Waals surface area (Å²) in [6.07, 6.45) is 1.04. The van der Waals surface area contributed by atoms with Gasteiger partial charge in [-0.2, -0.15) is 11.8 Å². The van der Waals surface area contributed by atoms with Crippen LogP contribution in [0.4, 0.5) is 0 Å². The lowest BCUT2D eigenvalue weighted by Crippen LogP contribution is -2.23. The third-order valence-corrected chi connectivity index (χ3v) is 2.49. The number of aliphatic imine (C=N–C) groups is 1. The first-order valence-electron chi connectivity index (χ1n) is 4.11. The van der Waals surface area contributed by atoms with Crippen molar-refractivity contribution in [3.05, 3.63) is 0 Å². The van der Waals surface area contributed by atoms with E-state index in [2.05, 4.69) is 25.8 Å². The van der Waals surface area contributed by atoms with Crippen molar-refractivity contribution < 1.29 is 0 Å². The highest BCUT2D eigenvalue weighted by molar-refractivity contribution is 8.00. The van der Waals surface area contributed by atoms with Crippen LogP contribution in [0.25, 0.3) is 0 Å². The Bertz CT molecular complexity index is 145. The Balaban J connectivity index is 3.29. The van der Waals surface area contributed by atoms with Gasteiger partial charge < -0.3 is 11.5 Å². The number of hydrogen-bond donors (Lipinski definition) is 2. The minimum atomic E-state index is 0.191. The second-order valence-electron chi connectivity index (χ2n) is 3.62. The smallest absolute Gasteiger partial charge is 0.185 e. The summed E-state index contributed by atoms with van der Waals surface area (Å²) in [5.41, 5.74) is 10.4. The molecule has 0 fully saturated rings. The van der Waals surface area contributed by atoms with Gasteiger partial charge in [0.15, 0.2) is 5.96 Å². The minimum Gasteiger partial charge on any atom is -0.370 e. The molecule has 0 unspecified atom stereocenters. The van der Waals surface area contributed by atoms with E-state index in [9.17, 15) is 0 Å². The van der Waals surface area contributed by atoms with Gasteiger partial charge in [0.2, 0.25) is 0 Å². The van der Waals surface area contributed by atoms with Gasteiger partial charge in [0.05, 0.1) is 0 Å². The van der Waals surface area contributed by atoms with Crippen LogP contribution in [0, 0.1) is 0 Å². The van der Waals surface area contributed by atoms with Crippen LogP contribution in [0.5, 0.6) is 0 Å². The van der Waals surface area contributed by atoms with E-state index in [0.717, 1.165) is 18.7 Å².